The smallest absolute Gasteiger partial charge is 0.338 e. The average Bonchev–Trinajstić information content (AvgIpc) is 3.33. The summed E-state index contributed by atoms with van der Waals surface area (Å²) in [5.74, 6) is -0.480. The summed E-state index contributed by atoms with van der Waals surface area (Å²) >= 11 is 7.81. The molecule has 1 atom stereocenters. The molecule has 1 unspecified atom stereocenters. The zero-order chi connectivity index (χ0) is 27.5. The minimum Gasteiger partial charge on any atom is -0.457 e. The van der Waals surface area contributed by atoms with Crippen molar-refractivity contribution in [3.63, 3.8) is 0 Å². The van der Waals surface area contributed by atoms with Crippen LogP contribution in [0.5, 0.6) is 0 Å². The van der Waals surface area contributed by atoms with Gasteiger partial charge >= 0.3 is 5.97 Å². The molecule has 1 fully saturated rings. The van der Waals surface area contributed by atoms with Gasteiger partial charge in [-0.05, 0) is 35.6 Å². The summed E-state index contributed by atoms with van der Waals surface area (Å²) < 4.78 is 5.75. The van der Waals surface area contributed by atoms with Crippen molar-refractivity contribution >= 4 is 46.3 Å². The lowest BCUT2D eigenvalue weighted by molar-refractivity contribution is -0.141. The Bertz CT molecular complexity index is 1380. The van der Waals surface area contributed by atoms with Crippen molar-refractivity contribution in [2.45, 2.75) is 32.9 Å². The summed E-state index contributed by atoms with van der Waals surface area (Å²) in [4.78, 5) is 48.8. The Morgan fingerprint density at radius 2 is 1.74 bits per heavy atom. The van der Waals surface area contributed by atoms with Crippen molar-refractivity contribution in [1.29, 1.82) is 0 Å². The Morgan fingerprint density at radius 1 is 1.03 bits per heavy atom. The number of carbonyl (C=O) groups is 3. The molecule has 2 aromatic carbocycles. The van der Waals surface area contributed by atoms with Gasteiger partial charge in [0.15, 0.2) is 5.17 Å². The Morgan fingerprint density at radius 3 is 2.44 bits per heavy atom. The molecular weight excluding hydrogens is 536 g/mol. The highest BCUT2D eigenvalue weighted by molar-refractivity contribution is 8.16. The van der Waals surface area contributed by atoms with Gasteiger partial charge in [0.05, 0.1) is 23.7 Å². The molecule has 39 heavy (non-hydrogen) atoms. The van der Waals surface area contributed by atoms with Crippen molar-refractivity contribution in [2.75, 3.05) is 26.2 Å². The highest BCUT2D eigenvalue weighted by Crippen LogP contribution is 2.45. The van der Waals surface area contributed by atoms with E-state index in [1.54, 1.807) is 29.7 Å². The normalized spacial score (nSPS) is 18.9. The van der Waals surface area contributed by atoms with E-state index in [-0.39, 0.29) is 24.8 Å². The Kier molecular flexibility index (Phi) is 8.09. The minimum atomic E-state index is -0.553. The Balaban J connectivity index is 1.40. The maximum Gasteiger partial charge on any atom is 0.338 e. The topological polar surface area (TPSA) is 82.5 Å². The number of benzene rings is 2. The van der Waals surface area contributed by atoms with E-state index in [0.29, 0.717) is 47.6 Å². The SMILES string of the molecule is CC(=O)N1CCN(C(=O)CC2=CSC3=NC(C)=C(C(=O)OCc4ccccc4)C(c4cccc(Cl)c4)N23)CC1. The molecule has 0 N–H and O–H groups in total. The molecule has 3 heterocycles. The summed E-state index contributed by atoms with van der Waals surface area (Å²) in [6.45, 7) is 5.52. The van der Waals surface area contributed by atoms with Gasteiger partial charge in [0, 0.05) is 43.8 Å². The fraction of sp³-hybridized carbons (Fsp3) is 0.310. The molecule has 5 rings (SSSR count). The molecule has 3 aliphatic heterocycles. The third kappa shape index (κ3) is 5.89. The van der Waals surface area contributed by atoms with E-state index in [9.17, 15) is 14.4 Å². The van der Waals surface area contributed by atoms with Gasteiger partial charge in [-0.15, -0.1) is 0 Å². The maximum absolute atomic E-state index is 13.6. The third-order valence-electron chi connectivity index (χ3n) is 7.01. The first-order valence-corrected chi connectivity index (χ1v) is 14.0. The molecular formula is C29H29ClN4O4S. The van der Waals surface area contributed by atoms with Crippen LogP contribution >= 0.6 is 23.4 Å². The van der Waals surface area contributed by atoms with Gasteiger partial charge in [0.25, 0.3) is 0 Å². The molecule has 0 aliphatic carbocycles. The van der Waals surface area contributed by atoms with Crippen LogP contribution in [-0.4, -0.2) is 63.8 Å². The lowest BCUT2D eigenvalue weighted by Crippen LogP contribution is -2.50. The lowest BCUT2D eigenvalue weighted by Gasteiger charge is -2.38. The molecule has 1 saturated heterocycles. The molecule has 202 valence electrons. The standard InChI is InChI=1S/C29H29ClN4O4S/c1-19-26(28(37)38-17-21-7-4-3-5-8-21)27(22-9-6-10-23(30)15-22)34-24(18-39-29(34)31-19)16-25(36)33-13-11-32(12-14-33)20(2)35/h3-10,15,18,27H,11-14,16-17H2,1-2H3. The second-order valence-corrected chi connectivity index (χ2v) is 10.8. The van der Waals surface area contributed by atoms with E-state index >= 15 is 0 Å². The number of fused-ring (bicyclic) bond motifs is 1. The molecule has 0 spiro atoms. The molecule has 3 aliphatic rings. The van der Waals surface area contributed by atoms with E-state index in [1.807, 2.05) is 58.8 Å². The number of hydrogen-bond donors (Lipinski definition) is 0. The van der Waals surface area contributed by atoms with Crippen molar-refractivity contribution in [3.8, 4) is 0 Å². The molecule has 0 radical (unpaired) electrons. The average molecular weight is 565 g/mol. The highest BCUT2D eigenvalue weighted by atomic mass is 35.5. The van der Waals surface area contributed by atoms with Crippen LogP contribution in [0, 0.1) is 0 Å². The zero-order valence-electron chi connectivity index (χ0n) is 21.8. The number of halogens is 1. The van der Waals surface area contributed by atoms with Gasteiger partial charge in [-0.2, -0.15) is 0 Å². The molecule has 10 heteroatoms. The van der Waals surface area contributed by atoms with Crippen molar-refractivity contribution in [1.82, 2.24) is 14.7 Å². The number of allylic oxidation sites excluding steroid dienone is 1. The number of amidine groups is 1. The van der Waals surface area contributed by atoms with Crippen LogP contribution in [0.1, 0.15) is 37.4 Å². The van der Waals surface area contributed by atoms with Crippen LogP contribution in [0.15, 0.2) is 82.0 Å². The number of hydrogen-bond acceptors (Lipinski definition) is 7. The predicted octanol–water partition coefficient (Wildman–Crippen LogP) is 4.74. The third-order valence-corrected chi connectivity index (χ3v) is 8.13. The monoisotopic (exact) mass is 564 g/mol. The molecule has 2 amide bonds. The summed E-state index contributed by atoms with van der Waals surface area (Å²) in [6, 6.07) is 16.3. The number of nitrogens with zero attached hydrogens (tertiary/aromatic N) is 4. The molecule has 0 bridgehead atoms. The van der Waals surface area contributed by atoms with Gasteiger partial charge in [0.1, 0.15) is 6.61 Å². The molecule has 0 aromatic heterocycles. The number of esters is 1. The number of carbonyl (C=O) groups excluding carboxylic acids is 3. The predicted molar refractivity (Wildman–Crippen MR) is 152 cm³/mol. The molecule has 0 saturated carbocycles. The largest absolute Gasteiger partial charge is 0.457 e. The first kappa shape index (κ1) is 27.0. The van der Waals surface area contributed by atoms with Gasteiger partial charge in [-0.3, -0.25) is 9.59 Å². The van der Waals surface area contributed by atoms with E-state index in [2.05, 4.69) is 0 Å². The second kappa shape index (κ2) is 11.7. The van der Waals surface area contributed by atoms with Crippen LogP contribution in [0.4, 0.5) is 0 Å². The fourth-order valence-electron chi connectivity index (χ4n) is 4.96. The number of thioether (sulfide) groups is 1. The van der Waals surface area contributed by atoms with E-state index in [1.165, 1.54) is 11.8 Å². The number of ether oxygens (including phenoxy) is 1. The van der Waals surface area contributed by atoms with Crippen LogP contribution in [0.3, 0.4) is 0 Å². The number of aliphatic imine (C=N–C) groups is 1. The summed E-state index contributed by atoms with van der Waals surface area (Å²) in [6.07, 6.45) is 0.147. The van der Waals surface area contributed by atoms with Gasteiger partial charge < -0.3 is 19.4 Å². The maximum atomic E-state index is 13.6. The Hall–Kier alpha value is -3.56. The summed E-state index contributed by atoms with van der Waals surface area (Å²) in [5, 5.41) is 3.16. The summed E-state index contributed by atoms with van der Waals surface area (Å²) in [7, 11) is 0. The van der Waals surface area contributed by atoms with Gasteiger partial charge in [-0.25, -0.2) is 9.79 Å². The number of amides is 2. The first-order valence-electron chi connectivity index (χ1n) is 12.8. The molecule has 8 nitrogen and oxygen atoms in total. The Labute approximate surface area is 236 Å². The first-order chi connectivity index (χ1) is 18.8. The van der Waals surface area contributed by atoms with Gasteiger partial charge in [-0.1, -0.05) is 65.8 Å². The van der Waals surface area contributed by atoms with Crippen LogP contribution in [0.25, 0.3) is 0 Å². The fourth-order valence-corrected chi connectivity index (χ4v) is 6.12. The number of rotatable bonds is 6. The second-order valence-electron chi connectivity index (χ2n) is 9.57. The van der Waals surface area contributed by atoms with Crippen LogP contribution in [-0.2, 0) is 25.7 Å². The van der Waals surface area contributed by atoms with Gasteiger partial charge in [0.2, 0.25) is 11.8 Å². The van der Waals surface area contributed by atoms with Crippen molar-refractivity contribution in [2.24, 2.45) is 4.99 Å². The minimum absolute atomic E-state index is 0.0179. The van der Waals surface area contributed by atoms with E-state index in [0.717, 1.165) is 16.8 Å². The van der Waals surface area contributed by atoms with E-state index < -0.39 is 12.0 Å². The highest BCUT2D eigenvalue weighted by Gasteiger charge is 2.41. The quantitative estimate of drug-likeness (QED) is 0.471. The van der Waals surface area contributed by atoms with Crippen molar-refractivity contribution in [3.05, 3.63) is 93.1 Å². The number of piperazine rings is 1. The zero-order valence-corrected chi connectivity index (χ0v) is 23.4. The van der Waals surface area contributed by atoms with Crippen LogP contribution in [0.2, 0.25) is 5.02 Å². The lowest BCUT2D eigenvalue weighted by atomic mass is 9.94. The summed E-state index contributed by atoms with van der Waals surface area (Å²) in [5.41, 5.74) is 3.42. The van der Waals surface area contributed by atoms with E-state index in [4.69, 9.17) is 21.3 Å². The molecule has 2 aromatic rings. The van der Waals surface area contributed by atoms with Crippen molar-refractivity contribution < 1.29 is 19.1 Å². The van der Waals surface area contributed by atoms with Crippen LogP contribution < -0.4 is 0 Å².